The van der Waals surface area contributed by atoms with Gasteiger partial charge in [-0.15, -0.1) is 5.10 Å². The molecule has 124 valence electrons. The molecule has 1 aliphatic heterocycles. The van der Waals surface area contributed by atoms with Gasteiger partial charge in [0.05, 0.1) is 19.3 Å². The first-order valence-corrected chi connectivity index (χ1v) is 8.09. The first-order chi connectivity index (χ1) is 11.3. The fraction of sp³-hybridized carbons (Fsp3) is 0.562. The van der Waals surface area contributed by atoms with Gasteiger partial charge in [0.25, 0.3) is 0 Å². The number of hydrogen-bond acceptors (Lipinski definition) is 6. The van der Waals surface area contributed by atoms with Gasteiger partial charge in [0, 0.05) is 51.8 Å². The number of anilines is 1. The molecule has 3 rings (SSSR count). The van der Waals surface area contributed by atoms with Gasteiger partial charge in [0.2, 0.25) is 0 Å². The van der Waals surface area contributed by atoms with E-state index in [9.17, 15) is 0 Å². The predicted octanol–water partition coefficient (Wildman–Crippen LogP) is 0.937. The monoisotopic (exact) mass is 316 g/mol. The van der Waals surface area contributed by atoms with E-state index in [4.69, 9.17) is 4.74 Å². The van der Waals surface area contributed by atoms with Crippen molar-refractivity contribution < 1.29 is 4.74 Å². The van der Waals surface area contributed by atoms with E-state index in [0.29, 0.717) is 0 Å². The molecule has 1 aliphatic rings. The van der Waals surface area contributed by atoms with Gasteiger partial charge in [-0.25, -0.2) is 4.98 Å². The Labute approximate surface area is 136 Å². The molecule has 23 heavy (non-hydrogen) atoms. The van der Waals surface area contributed by atoms with E-state index in [1.165, 1.54) is 0 Å². The molecule has 7 heteroatoms. The molecule has 1 fully saturated rings. The van der Waals surface area contributed by atoms with Crippen LogP contribution in [0.4, 0.5) is 5.82 Å². The van der Waals surface area contributed by atoms with E-state index in [1.807, 2.05) is 31.6 Å². The van der Waals surface area contributed by atoms with Crippen LogP contribution in [0.1, 0.15) is 12.7 Å². The summed E-state index contributed by atoms with van der Waals surface area (Å²) in [6, 6.07) is 3.91. The highest BCUT2D eigenvalue weighted by molar-refractivity contribution is 5.36. The molecular formula is C16H24N6O. The zero-order valence-electron chi connectivity index (χ0n) is 13.8. The number of aromatic nitrogens is 4. The van der Waals surface area contributed by atoms with Gasteiger partial charge < -0.3 is 14.2 Å². The minimum absolute atomic E-state index is 0.172. The second-order valence-corrected chi connectivity index (χ2v) is 5.80. The number of aryl methyl sites for hydroxylation is 1. The van der Waals surface area contributed by atoms with Crippen molar-refractivity contribution in [1.29, 1.82) is 0 Å². The average molecular weight is 316 g/mol. The molecule has 3 heterocycles. The van der Waals surface area contributed by atoms with Crippen molar-refractivity contribution in [3.05, 3.63) is 36.5 Å². The molecule has 0 bridgehead atoms. The number of hydrogen-bond donors (Lipinski definition) is 0. The van der Waals surface area contributed by atoms with Gasteiger partial charge in [-0.3, -0.25) is 4.90 Å². The Morgan fingerprint density at radius 3 is 3.00 bits per heavy atom. The summed E-state index contributed by atoms with van der Waals surface area (Å²) in [7, 11) is 2.03. The van der Waals surface area contributed by atoms with Crippen LogP contribution in [0.5, 0.6) is 0 Å². The first-order valence-electron chi connectivity index (χ1n) is 8.09. The smallest absolute Gasteiger partial charge is 0.151 e. The maximum absolute atomic E-state index is 5.95. The van der Waals surface area contributed by atoms with Crippen LogP contribution < -0.4 is 4.90 Å². The van der Waals surface area contributed by atoms with Gasteiger partial charge in [-0.05, 0) is 19.1 Å². The topological polar surface area (TPSA) is 59.3 Å². The van der Waals surface area contributed by atoms with Crippen molar-refractivity contribution in [3.63, 3.8) is 0 Å². The Bertz CT molecular complexity index is 602. The largest absolute Gasteiger partial charge is 0.374 e. The Morgan fingerprint density at radius 1 is 1.39 bits per heavy atom. The zero-order valence-corrected chi connectivity index (χ0v) is 13.8. The fourth-order valence-corrected chi connectivity index (χ4v) is 2.88. The molecule has 0 N–H and O–H groups in total. The highest BCUT2D eigenvalue weighted by Crippen LogP contribution is 2.14. The standard InChI is InChI=1S/C16H24N6O/c1-3-22(15-5-4-6-18-19-15)12-14-11-21(9-10-23-14)13-16-17-7-8-20(16)2/h4-8,14H,3,9-13H2,1-2H3/t14-/m0/s1. The summed E-state index contributed by atoms with van der Waals surface area (Å²) < 4.78 is 8.02. The summed E-state index contributed by atoms with van der Waals surface area (Å²) >= 11 is 0. The molecular weight excluding hydrogens is 292 g/mol. The predicted molar refractivity (Wildman–Crippen MR) is 88.1 cm³/mol. The lowest BCUT2D eigenvalue weighted by Gasteiger charge is -2.35. The second-order valence-electron chi connectivity index (χ2n) is 5.80. The maximum Gasteiger partial charge on any atom is 0.151 e. The highest BCUT2D eigenvalue weighted by atomic mass is 16.5. The number of rotatable bonds is 6. The van der Waals surface area contributed by atoms with Crippen LogP contribution in [-0.4, -0.2) is 63.5 Å². The van der Waals surface area contributed by atoms with E-state index in [0.717, 1.165) is 51.0 Å². The first kappa shape index (κ1) is 15.9. The highest BCUT2D eigenvalue weighted by Gasteiger charge is 2.23. The Morgan fingerprint density at radius 2 is 2.30 bits per heavy atom. The molecule has 7 nitrogen and oxygen atoms in total. The SMILES string of the molecule is CCN(C[C@@H]1CN(Cc2nccn2C)CCO1)c1cccnn1. The van der Waals surface area contributed by atoms with E-state index >= 15 is 0 Å². The number of nitrogens with zero attached hydrogens (tertiary/aromatic N) is 6. The van der Waals surface area contributed by atoms with Crippen molar-refractivity contribution in [2.45, 2.75) is 19.6 Å². The molecule has 1 saturated heterocycles. The van der Waals surface area contributed by atoms with E-state index < -0.39 is 0 Å². The van der Waals surface area contributed by atoms with Gasteiger partial charge in [0.1, 0.15) is 5.82 Å². The Hall–Kier alpha value is -1.99. The summed E-state index contributed by atoms with van der Waals surface area (Å²) in [5, 5.41) is 8.17. The minimum atomic E-state index is 0.172. The van der Waals surface area contributed by atoms with Crippen LogP contribution in [-0.2, 0) is 18.3 Å². The van der Waals surface area contributed by atoms with Crippen molar-refractivity contribution in [1.82, 2.24) is 24.6 Å². The number of imidazole rings is 1. The zero-order chi connectivity index (χ0) is 16.1. The van der Waals surface area contributed by atoms with E-state index in [1.54, 1.807) is 6.20 Å². The molecule has 0 radical (unpaired) electrons. The van der Waals surface area contributed by atoms with Crippen LogP contribution in [0.3, 0.4) is 0 Å². The molecule has 2 aromatic rings. The minimum Gasteiger partial charge on any atom is -0.374 e. The van der Waals surface area contributed by atoms with Crippen molar-refractivity contribution in [2.24, 2.45) is 7.05 Å². The van der Waals surface area contributed by atoms with E-state index in [-0.39, 0.29) is 6.10 Å². The lowest BCUT2D eigenvalue weighted by atomic mass is 10.2. The molecule has 0 amide bonds. The maximum atomic E-state index is 5.95. The molecule has 2 aromatic heterocycles. The van der Waals surface area contributed by atoms with Crippen molar-refractivity contribution in [3.8, 4) is 0 Å². The third kappa shape index (κ3) is 4.05. The lowest BCUT2D eigenvalue weighted by Crippen LogP contribution is -2.47. The van der Waals surface area contributed by atoms with E-state index in [2.05, 4.69) is 36.5 Å². The van der Waals surface area contributed by atoms with Crippen molar-refractivity contribution in [2.75, 3.05) is 37.7 Å². The molecule has 0 unspecified atom stereocenters. The van der Waals surface area contributed by atoms with Gasteiger partial charge in [-0.1, -0.05) is 0 Å². The summed E-state index contributed by atoms with van der Waals surface area (Å²) in [4.78, 5) is 9.03. The van der Waals surface area contributed by atoms with Crippen LogP contribution >= 0.6 is 0 Å². The van der Waals surface area contributed by atoms with Crippen LogP contribution in [0, 0.1) is 0 Å². The Kier molecular flexibility index (Phi) is 5.19. The van der Waals surface area contributed by atoms with Crippen LogP contribution in [0.2, 0.25) is 0 Å². The molecule has 0 aliphatic carbocycles. The van der Waals surface area contributed by atoms with Gasteiger partial charge in [0.15, 0.2) is 5.82 Å². The van der Waals surface area contributed by atoms with Crippen LogP contribution in [0.15, 0.2) is 30.7 Å². The second kappa shape index (κ2) is 7.52. The molecule has 0 spiro atoms. The summed E-state index contributed by atoms with van der Waals surface area (Å²) in [6.45, 7) is 7.31. The van der Waals surface area contributed by atoms with Crippen LogP contribution in [0.25, 0.3) is 0 Å². The number of morpholine rings is 1. The molecule has 1 atom stereocenters. The summed E-state index contributed by atoms with van der Waals surface area (Å²) in [5.74, 6) is 1.99. The molecule has 0 saturated carbocycles. The third-order valence-corrected chi connectivity index (χ3v) is 4.20. The van der Waals surface area contributed by atoms with Gasteiger partial charge in [-0.2, -0.15) is 5.10 Å². The lowest BCUT2D eigenvalue weighted by molar-refractivity contribution is -0.0278. The number of likely N-dealkylation sites (N-methyl/N-ethyl adjacent to an activating group) is 1. The number of ether oxygens (including phenoxy) is 1. The van der Waals surface area contributed by atoms with Crippen molar-refractivity contribution >= 4 is 5.82 Å². The summed E-state index contributed by atoms with van der Waals surface area (Å²) in [5.41, 5.74) is 0. The summed E-state index contributed by atoms with van der Waals surface area (Å²) in [6.07, 6.45) is 5.70. The van der Waals surface area contributed by atoms with Gasteiger partial charge >= 0.3 is 0 Å². The average Bonchev–Trinajstić information content (AvgIpc) is 2.99. The third-order valence-electron chi connectivity index (χ3n) is 4.20. The quantitative estimate of drug-likeness (QED) is 0.790. The normalized spacial score (nSPS) is 19.0. The molecule has 0 aromatic carbocycles. The fourth-order valence-electron chi connectivity index (χ4n) is 2.88. The Balaban J connectivity index is 1.58.